The van der Waals surface area contributed by atoms with Crippen LogP contribution in [0.4, 0.5) is 0 Å². The largest absolute Gasteiger partial charge is 0.355 e. The van der Waals surface area contributed by atoms with Gasteiger partial charge in [0.2, 0.25) is 0 Å². The Bertz CT molecular complexity index is 889. The van der Waals surface area contributed by atoms with E-state index < -0.39 is 0 Å². The Labute approximate surface area is 151 Å². The fraction of sp³-hybridized carbons (Fsp3) is 0.222. The van der Waals surface area contributed by atoms with Crippen LogP contribution in [0.3, 0.4) is 0 Å². The van der Waals surface area contributed by atoms with Gasteiger partial charge in [-0.05, 0) is 24.3 Å². The first-order valence-corrected chi connectivity index (χ1v) is 8.34. The van der Waals surface area contributed by atoms with Crippen LogP contribution in [0.25, 0.3) is 5.65 Å². The third-order valence-electron chi connectivity index (χ3n) is 3.76. The highest BCUT2D eigenvalue weighted by molar-refractivity contribution is 5.94. The third kappa shape index (κ3) is 4.35. The second kappa shape index (κ2) is 8.61. The number of pyridine rings is 1. The predicted octanol–water partition coefficient (Wildman–Crippen LogP) is 0.824. The van der Waals surface area contributed by atoms with Gasteiger partial charge in [-0.15, -0.1) is 10.2 Å². The fourth-order valence-corrected chi connectivity index (χ4v) is 2.44. The summed E-state index contributed by atoms with van der Waals surface area (Å²) >= 11 is 0. The van der Waals surface area contributed by atoms with Crippen LogP contribution >= 0.6 is 0 Å². The molecule has 0 aliphatic carbocycles. The first-order chi connectivity index (χ1) is 12.8. The number of hydrogen-bond donors (Lipinski definition) is 3. The van der Waals surface area contributed by atoms with Crippen LogP contribution in [-0.2, 0) is 6.54 Å². The summed E-state index contributed by atoms with van der Waals surface area (Å²) in [6, 6.07) is 14.9. The van der Waals surface area contributed by atoms with E-state index in [-0.39, 0.29) is 5.91 Å². The number of rotatable bonds is 6. The number of aromatic nitrogens is 3. The summed E-state index contributed by atoms with van der Waals surface area (Å²) in [5.41, 5.74) is 1.45. The Kier molecular flexibility index (Phi) is 5.76. The molecule has 0 bridgehead atoms. The molecular formula is C18H21N7O. The number of nitrogens with one attached hydrogen (secondary N) is 3. The SMILES string of the molecule is CN=C(NCCNC(=O)c1ccccc1)NCc1nnc2ccccn12. The van der Waals surface area contributed by atoms with E-state index in [4.69, 9.17) is 0 Å². The van der Waals surface area contributed by atoms with Crippen molar-refractivity contribution in [3.63, 3.8) is 0 Å². The Hall–Kier alpha value is -3.42. The van der Waals surface area contributed by atoms with E-state index in [9.17, 15) is 4.79 Å². The molecule has 0 spiro atoms. The van der Waals surface area contributed by atoms with Crippen LogP contribution < -0.4 is 16.0 Å². The van der Waals surface area contributed by atoms with Crippen molar-refractivity contribution in [1.82, 2.24) is 30.5 Å². The van der Waals surface area contributed by atoms with Gasteiger partial charge in [-0.3, -0.25) is 14.2 Å². The maximum Gasteiger partial charge on any atom is 0.251 e. The van der Waals surface area contributed by atoms with E-state index in [0.717, 1.165) is 11.5 Å². The second-order valence-corrected chi connectivity index (χ2v) is 5.52. The molecule has 0 unspecified atom stereocenters. The van der Waals surface area contributed by atoms with Crippen LogP contribution in [0.1, 0.15) is 16.2 Å². The fourth-order valence-electron chi connectivity index (χ4n) is 2.44. The van der Waals surface area contributed by atoms with E-state index in [2.05, 4.69) is 31.1 Å². The second-order valence-electron chi connectivity index (χ2n) is 5.52. The predicted molar refractivity (Wildman–Crippen MR) is 100.0 cm³/mol. The van der Waals surface area contributed by atoms with E-state index in [0.29, 0.717) is 31.2 Å². The van der Waals surface area contributed by atoms with Crippen LogP contribution in [0.2, 0.25) is 0 Å². The van der Waals surface area contributed by atoms with E-state index >= 15 is 0 Å². The average molecular weight is 351 g/mol. The minimum absolute atomic E-state index is 0.0923. The number of aliphatic imine (C=N–C) groups is 1. The highest BCUT2D eigenvalue weighted by Crippen LogP contribution is 2.02. The van der Waals surface area contributed by atoms with Gasteiger partial charge >= 0.3 is 0 Å². The molecule has 0 aliphatic heterocycles. The molecular weight excluding hydrogens is 330 g/mol. The van der Waals surface area contributed by atoms with E-state index in [1.54, 1.807) is 19.2 Å². The zero-order valence-corrected chi connectivity index (χ0v) is 14.5. The third-order valence-corrected chi connectivity index (χ3v) is 3.76. The molecule has 2 aromatic heterocycles. The van der Waals surface area contributed by atoms with Gasteiger partial charge in [0.1, 0.15) is 0 Å². The number of fused-ring (bicyclic) bond motifs is 1. The zero-order valence-electron chi connectivity index (χ0n) is 14.5. The van der Waals surface area contributed by atoms with Gasteiger partial charge in [0.15, 0.2) is 17.4 Å². The van der Waals surface area contributed by atoms with Crippen molar-refractivity contribution in [2.75, 3.05) is 20.1 Å². The van der Waals surface area contributed by atoms with Crippen LogP contribution in [0, 0.1) is 0 Å². The monoisotopic (exact) mass is 351 g/mol. The molecule has 0 saturated heterocycles. The van der Waals surface area contributed by atoms with Gasteiger partial charge in [-0.25, -0.2) is 0 Å². The minimum Gasteiger partial charge on any atom is -0.355 e. The van der Waals surface area contributed by atoms with Crippen LogP contribution in [0.5, 0.6) is 0 Å². The van der Waals surface area contributed by atoms with Crippen molar-refractivity contribution in [3.05, 3.63) is 66.1 Å². The Balaban J connectivity index is 1.43. The van der Waals surface area contributed by atoms with E-state index in [1.165, 1.54) is 0 Å². The minimum atomic E-state index is -0.0923. The maximum atomic E-state index is 12.0. The molecule has 8 heteroatoms. The standard InChI is InChI=1S/C18H21N7O/c1-19-18(21-11-10-20-17(26)14-7-3-2-4-8-14)22-13-16-24-23-15-9-5-6-12-25(15)16/h2-9,12H,10-11,13H2,1H3,(H,20,26)(H2,19,21,22). The number of guanidine groups is 1. The van der Waals surface area contributed by atoms with Crippen molar-refractivity contribution in [2.24, 2.45) is 4.99 Å². The van der Waals surface area contributed by atoms with Crippen molar-refractivity contribution < 1.29 is 4.79 Å². The Morgan fingerprint density at radius 3 is 2.58 bits per heavy atom. The van der Waals surface area contributed by atoms with Crippen molar-refractivity contribution in [2.45, 2.75) is 6.54 Å². The molecule has 1 amide bonds. The summed E-state index contributed by atoms with van der Waals surface area (Å²) in [6.45, 7) is 1.53. The lowest BCUT2D eigenvalue weighted by Crippen LogP contribution is -2.41. The van der Waals surface area contributed by atoms with Crippen LogP contribution in [-0.4, -0.2) is 46.6 Å². The number of carbonyl (C=O) groups is 1. The maximum absolute atomic E-state index is 12.0. The zero-order chi connectivity index (χ0) is 18.2. The van der Waals surface area contributed by atoms with Gasteiger partial charge in [-0.2, -0.15) is 0 Å². The molecule has 1 aromatic carbocycles. The summed E-state index contributed by atoms with van der Waals surface area (Å²) in [5.74, 6) is 1.33. The number of amides is 1. The molecule has 134 valence electrons. The van der Waals surface area contributed by atoms with Gasteiger partial charge < -0.3 is 16.0 Å². The van der Waals surface area contributed by atoms with Gasteiger partial charge in [0.25, 0.3) is 5.91 Å². The molecule has 0 fully saturated rings. The summed E-state index contributed by atoms with van der Waals surface area (Å²) in [4.78, 5) is 16.1. The lowest BCUT2D eigenvalue weighted by Gasteiger charge is -2.11. The van der Waals surface area contributed by atoms with Gasteiger partial charge in [-0.1, -0.05) is 24.3 Å². The Morgan fingerprint density at radius 2 is 1.77 bits per heavy atom. The van der Waals surface area contributed by atoms with Crippen LogP contribution in [0.15, 0.2) is 59.7 Å². The summed E-state index contributed by atoms with van der Waals surface area (Å²) < 4.78 is 1.92. The van der Waals surface area contributed by atoms with Gasteiger partial charge in [0, 0.05) is 31.9 Å². The highest BCUT2D eigenvalue weighted by Gasteiger charge is 2.06. The normalized spacial score (nSPS) is 11.3. The lowest BCUT2D eigenvalue weighted by atomic mass is 10.2. The van der Waals surface area contributed by atoms with Crippen molar-refractivity contribution in [1.29, 1.82) is 0 Å². The smallest absolute Gasteiger partial charge is 0.251 e. The summed E-state index contributed by atoms with van der Waals surface area (Å²) in [5, 5.41) is 17.5. The number of benzene rings is 1. The summed E-state index contributed by atoms with van der Waals surface area (Å²) in [6.07, 6.45) is 1.92. The molecule has 3 N–H and O–H groups in total. The number of hydrogen-bond acceptors (Lipinski definition) is 4. The molecule has 26 heavy (non-hydrogen) atoms. The molecule has 3 aromatic rings. The van der Waals surface area contributed by atoms with E-state index in [1.807, 2.05) is 47.0 Å². The topological polar surface area (TPSA) is 95.7 Å². The van der Waals surface area contributed by atoms with Crippen molar-refractivity contribution in [3.8, 4) is 0 Å². The first-order valence-electron chi connectivity index (χ1n) is 8.34. The summed E-state index contributed by atoms with van der Waals surface area (Å²) in [7, 11) is 1.69. The number of nitrogens with zero attached hydrogens (tertiary/aromatic N) is 4. The Morgan fingerprint density at radius 1 is 1.00 bits per heavy atom. The number of carbonyl (C=O) groups excluding carboxylic acids is 1. The molecule has 2 heterocycles. The molecule has 0 saturated carbocycles. The van der Waals surface area contributed by atoms with Gasteiger partial charge in [0.05, 0.1) is 6.54 Å². The average Bonchev–Trinajstić information content (AvgIpc) is 3.11. The lowest BCUT2D eigenvalue weighted by molar-refractivity contribution is 0.0954. The highest BCUT2D eigenvalue weighted by atomic mass is 16.1. The van der Waals surface area contributed by atoms with Crippen molar-refractivity contribution >= 4 is 17.5 Å². The molecule has 3 rings (SSSR count). The molecule has 0 radical (unpaired) electrons. The first kappa shape index (κ1) is 17.4. The molecule has 0 aliphatic rings. The molecule has 8 nitrogen and oxygen atoms in total. The quantitative estimate of drug-likeness (QED) is 0.347. The molecule has 0 atom stereocenters.